The topological polar surface area (TPSA) is 46.5 Å². The van der Waals surface area contributed by atoms with E-state index >= 15 is 0 Å². The van der Waals surface area contributed by atoms with Crippen molar-refractivity contribution in [3.8, 4) is 0 Å². The summed E-state index contributed by atoms with van der Waals surface area (Å²) in [7, 11) is 0. The summed E-state index contributed by atoms with van der Waals surface area (Å²) < 4.78 is 0. The van der Waals surface area contributed by atoms with Crippen LogP contribution in [0.3, 0.4) is 0 Å². The lowest BCUT2D eigenvalue weighted by Crippen LogP contribution is -2.33. The first-order chi connectivity index (χ1) is 9.76. The zero-order valence-electron chi connectivity index (χ0n) is 11.8. The van der Waals surface area contributed by atoms with E-state index in [4.69, 9.17) is 0 Å². The molecule has 0 saturated heterocycles. The normalized spacial score (nSPS) is 10.3. The Morgan fingerprint density at radius 1 is 1.30 bits per heavy atom. The van der Waals surface area contributed by atoms with Gasteiger partial charge in [0, 0.05) is 4.88 Å². The van der Waals surface area contributed by atoms with Crippen LogP contribution in [0.2, 0.25) is 0 Å². The maximum atomic E-state index is 12.3. The van der Waals surface area contributed by atoms with E-state index in [9.17, 15) is 4.79 Å². The Labute approximate surface area is 123 Å². The number of nitrogens with one attached hydrogen (secondary N) is 2. The first-order valence-corrected chi connectivity index (χ1v) is 7.70. The molecule has 0 saturated carbocycles. The van der Waals surface area contributed by atoms with Crippen LogP contribution in [0.25, 0.3) is 0 Å². The van der Waals surface area contributed by atoms with Gasteiger partial charge >= 0.3 is 0 Å². The summed E-state index contributed by atoms with van der Waals surface area (Å²) in [6.45, 7) is 6.46. The SMILES string of the molecule is CCN(CC)c1[nH+]cccc1C(=O)NCc1cccs1. The third-order valence-electron chi connectivity index (χ3n) is 3.16. The third kappa shape index (κ3) is 3.36. The smallest absolute Gasteiger partial charge is 0.287 e. The molecule has 2 heterocycles. The van der Waals surface area contributed by atoms with E-state index in [1.165, 1.54) is 0 Å². The summed E-state index contributed by atoms with van der Waals surface area (Å²) >= 11 is 1.65. The minimum atomic E-state index is -0.0443. The summed E-state index contributed by atoms with van der Waals surface area (Å²) in [5, 5.41) is 4.98. The molecule has 0 spiro atoms. The largest absolute Gasteiger partial charge is 0.347 e. The van der Waals surface area contributed by atoms with Gasteiger partial charge in [-0.1, -0.05) is 6.07 Å². The number of anilines is 1. The van der Waals surface area contributed by atoms with Crippen molar-refractivity contribution in [3.63, 3.8) is 0 Å². The zero-order valence-corrected chi connectivity index (χ0v) is 12.7. The van der Waals surface area contributed by atoms with Crippen molar-refractivity contribution in [2.24, 2.45) is 0 Å². The van der Waals surface area contributed by atoms with Gasteiger partial charge in [-0.25, -0.2) is 4.98 Å². The minimum absolute atomic E-state index is 0.0443. The van der Waals surface area contributed by atoms with E-state index < -0.39 is 0 Å². The second-order valence-corrected chi connectivity index (χ2v) is 5.40. The molecule has 0 fully saturated rings. The standard InChI is InChI=1S/C15H19N3OS/c1-3-18(4-2)14-13(8-5-9-16-14)15(19)17-11-12-7-6-10-20-12/h5-10H,3-4,11H2,1-2H3,(H,17,19)/p+1. The number of amides is 1. The maximum Gasteiger partial charge on any atom is 0.287 e. The fraction of sp³-hybridized carbons (Fsp3) is 0.333. The van der Waals surface area contributed by atoms with Gasteiger partial charge in [0.1, 0.15) is 5.56 Å². The predicted octanol–water partition coefficient (Wildman–Crippen LogP) is 2.34. The van der Waals surface area contributed by atoms with Gasteiger partial charge < -0.3 is 5.32 Å². The van der Waals surface area contributed by atoms with Crippen molar-refractivity contribution < 1.29 is 9.78 Å². The Hall–Kier alpha value is -1.88. The summed E-state index contributed by atoms with van der Waals surface area (Å²) in [5.41, 5.74) is 0.688. The molecule has 0 atom stereocenters. The molecular weight excluding hydrogens is 270 g/mol. The lowest BCUT2D eigenvalue weighted by molar-refractivity contribution is -0.364. The fourth-order valence-electron chi connectivity index (χ4n) is 2.09. The van der Waals surface area contributed by atoms with Crippen LogP contribution in [0.1, 0.15) is 29.1 Å². The second-order valence-electron chi connectivity index (χ2n) is 4.37. The number of hydrogen-bond donors (Lipinski definition) is 1. The number of hydrogen-bond acceptors (Lipinski definition) is 3. The minimum Gasteiger partial charge on any atom is -0.347 e. The Kier molecular flexibility index (Phi) is 5.12. The molecule has 5 heteroatoms. The van der Waals surface area contributed by atoms with Crippen LogP contribution >= 0.6 is 11.3 Å². The molecule has 0 aliphatic carbocycles. The lowest BCUT2D eigenvalue weighted by atomic mass is 10.2. The quantitative estimate of drug-likeness (QED) is 0.887. The Morgan fingerprint density at radius 2 is 2.10 bits per heavy atom. The van der Waals surface area contributed by atoms with Crippen LogP contribution in [0.15, 0.2) is 35.8 Å². The number of aromatic nitrogens is 1. The third-order valence-corrected chi connectivity index (χ3v) is 4.04. The first-order valence-electron chi connectivity index (χ1n) is 6.82. The van der Waals surface area contributed by atoms with Crippen LogP contribution in [0.5, 0.6) is 0 Å². The highest BCUT2D eigenvalue weighted by atomic mass is 32.1. The molecule has 0 bridgehead atoms. The molecule has 106 valence electrons. The van der Waals surface area contributed by atoms with Crippen LogP contribution in [0, 0.1) is 0 Å². The molecule has 4 nitrogen and oxygen atoms in total. The second kappa shape index (κ2) is 7.05. The molecule has 1 amide bonds. The molecule has 0 aliphatic heterocycles. The van der Waals surface area contributed by atoms with E-state index in [0.29, 0.717) is 12.1 Å². The van der Waals surface area contributed by atoms with E-state index in [0.717, 1.165) is 23.8 Å². The number of carbonyl (C=O) groups is 1. The van der Waals surface area contributed by atoms with Gasteiger partial charge in [-0.05, 0) is 37.4 Å². The number of H-pyrrole nitrogens is 1. The van der Waals surface area contributed by atoms with E-state index in [-0.39, 0.29) is 5.91 Å². The summed E-state index contributed by atoms with van der Waals surface area (Å²) in [5.74, 6) is 0.832. The average molecular weight is 290 g/mol. The van der Waals surface area contributed by atoms with Gasteiger partial charge in [0.2, 0.25) is 0 Å². The number of carbonyl (C=O) groups excluding carboxylic acids is 1. The van der Waals surface area contributed by atoms with Crippen LogP contribution in [0.4, 0.5) is 5.82 Å². The molecule has 2 aromatic heterocycles. The first kappa shape index (κ1) is 14.5. The monoisotopic (exact) mass is 290 g/mol. The van der Waals surface area contributed by atoms with Crippen molar-refractivity contribution in [2.75, 3.05) is 18.0 Å². The number of rotatable bonds is 6. The fourth-order valence-corrected chi connectivity index (χ4v) is 2.73. The highest BCUT2D eigenvalue weighted by molar-refractivity contribution is 7.09. The van der Waals surface area contributed by atoms with Crippen molar-refractivity contribution >= 4 is 23.1 Å². The van der Waals surface area contributed by atoms with Gasteiger partial charge in [0.05, 0.1) is 25.8 Å². The number of pyridine rings is 1. The molecule has 0 radical (unpaired) electrons. The van der Waals surface area contributed by atoms with Crippen molar-refractivity contribution in [1.82, 2.24) is 5.32 Å². The molecule has 0 unspecified atom stereocenters. The van der Waals surface area contributed by atoms with Gasteiger partial charge in [-0.15, -0.1) is 11.3 Å². The Morgan fingerprint density at radius 3 is 2.75 bits per heavy atom. The van der Waals surface area contributed by atoms with E-state index in [1.807, 2.05) is 35.8 Å². The highest BCUT2D eigenvalue weighted by Gasteiger charge is 2.21. The predicted molar refractivity (Wildman–Crippen MR) is 82.0 cm³/mol. The highest BCUT2D eigenvalue weighted by Crippen LogP contribution is 2.14. The van der Waals surface area contributed by atoms with Gasteiger partial charge in [-0.2, -0.15) is 0 Å². The van der Waals surface area contributed by atoms with Crippen molar-refractivity contribution in [1.29, 1.82) is 0 Å². The molecule has 2 rings (SSSR count). The lowest BCUT2D eigenvalue weighted by Gasteiger charge is -2.14. The van der Waals surface area contributed by atoms with Crippen molar-refractivity contribution in [2.45, 2.75) is 20.4 Å². The summed E-state index contributed by atoms with van der Waals surface area (Å²) in [6, 6.07) is 7.72. The molecule has 2 N–H and O–H groups in total. The number of aromatic amines is 1. The number of nitrogens with zero attached hydrogens (tertiary/aromatic N) is 1. The van der Waals surface area contributed by atoms with Crippen molar-refractivity contribution in [3.05, 3.63) is 46.3 Å². The molecule has 20 heavy (non-hydrogen) atoms. The van der Waals surface area contributed by atoms with E-state index in [2.05, 4.69) is 29.0 Å². The van der Waals surface area contributed by atoms with Gasteiger partial charge in [-0.3, -0.25) is 9.69 Å². The molecule has 0 aliphatic rings. The molecule has 0 aromatic carbocycles. The average Bonchev–Trinajstić information content (AvgIpc) is 3.00. The summed E-state index contributed by atoms with van der Waals surface area (Å²) in [6.07, 6.45) is 1.85. The maximum absolute atomic E-state index is 12.3. The van der Waals surface area contributed by atoms with Crippen LogP contribution in [-0.2, 0) is 6.54 Å². The number of thiophene rings is 1. The Bertz CT molecular complexity index is 550. The summed E-state index contributed by atoms with van der Waals surface area (Å²) in [4.78, 5) is 18.8. The van der Waals surface area contributed by atoms with Gasteiger partial charge in [0.15, 0.2) is 0 Å². The van der Waals surface area contributed by atoms with Gasteiger partial charge in [0.25, 0.3) is 11.7 Å². The molecular formula is C15H20N3OS+. The van der Waals surface area contributed by atoms with E-state index in [1.54, 1.807) is 11.3 Å². The Balaban J connectivity index is 2.13. The molecule has 2 aromatic rings. The van der Waals surface area contributed by atoms with Crippen LogP contribution in [-0.4, -0.2) is 19.0 Å². The van der Waals surface area contributed by atoms with Crippen LogP contribution < -0.4 is 15.2 Å². The zero-order chi connectivity index (χ0) is 14.4.